The molecule has 2 aromatic carbocycles. The van der Waals surface area contributed by atoms with Crippen molar-refractivity contribution in [3.8, 4) is 5.69 Å². The molecule has 0 aliphatic carbocycles. The lowest BCUT2D eigenvalue weighted by atomic mass is 10.2. The van der Waals surface area contributed by atoms with Gasteiger partial charge in [-0.05, 0) is 30.7 Å². The third-order valence-electron chi connectivity index (χ3n) is 4.57. The van der Waals surface area contributed by atoms with Crippen molar-refractivity contribution in [3.05, 3.63) is 94.1 Å². The smallest absolute Gasteiger partial charge is 0.260 e. The molecule has 6 nitrogen and oxygen atoms in total. The Morgan fingerprint density at radius 3 is 2.66 bits per heavy atom. The van der Waals surface area contributed by atoms with Gasteiger partial charge in [0.2, 0.25) is 0 Å². The molecule has 0 unspecified atom stereocenters. The zero-order valence-electron chi connectivity index (χ0n) is 15.5. The highest BCUT2D eigenvalue weighted by Crippen LogP contribution is 2.21. The number of hydrogen-bond donors (Lipinski definition) is 1. The third-order valence-corrected chi connectivity index (χ3v) is 5.34. The van der Waals surface area contributed by atoms with Crippen LogP contribution in [0, 0.1) is 12.7 Å². The van der Waals surface area contributed by atoms with Crippen LogP contribution >= 0.6 is 15.9 Å². The van der Waals surface area contributed by atoms with Gasteiger partial charge in [-0.25, -0.2) is 13.8 Å². The van der Waals surface area contributed by atoms with Gasteiger partial charge >= 0.3 is 0 Å². The van der Waals surface area contributed by atoms with E-state index in [1.807, 2.05) is 24.3 Å². The van der Waals surface area contributed by atoms with Gasteiger partial charge in [0.05, 0.1) is 30.2 Å². The molecule has 0 atom stereocenters. The molecule has 8 heteroatoms. The number of nitrogens with zero attached hydrogens (tertiary/aromatic N) is 4. The number of aromatic nitrogens is 4. The van der Waals surface area contributed by atoms with Crippen LogP contribution in [0.3, 0.4) is 0 Å². The second kappa shape index (κ2) is 8.00. The van der Waals surface area contributed by atoms with Crippen molar-refractivity contribution in [1.29, 1.82) is 0 Å². The van der Waals surface area contributed by atoms with Crippen LogP contribution in [0.15, 0.2) is 71.5 Å². The average Bonchev–Trinajstić information content (AvgIpc) is 3.30. The van der Waals surface area contributed by atoms with Gasteiger partial charge in [-0.3, -0.25) is 4.79 Å². The molecule has 0 aliphatic heterocycles. The van der Waals surface area contributed by atoms with Crippen molar-refractivity contribution in [3.63, 3.8) is 0 Å². The number of anilines is 1. The minimum atomic E-state index is -0.405. The van der Waals surface area contributed by atoms with E-state index in [9.17, 15) is 9.18 Å². The van der Waals surface area contributed by atoms with Gasteiger partial charge in [0.25, 0.3) is 5.91 Å². The molecule has 2 aromatic heterocycles. The summed E-state index contributed by atoms with van der Waals surface area (Å²) in [6.45, 7) is 2.23. The van der Waals surface area contributed by atoms with Crippen LogP contribution in [0.2, 0.25) is 0 Å². The minimum absolute atomic E-state index is 0.294. The summed E-state index contributed by atoms with van der Waals surface area (Å²) >= 11 is 3.52. The van der Waals surface area contributed by atoms with Crippen LogP contribution < -0.4 is 5.32 Å². The molecule has 0 spiro atoms. The van der Waals surface area contributed by atoms with Crippen LogP contribution in [0.25, 0.3) is 5.69 Å². The number of rotatable bonds is 5. The molecule has 29 heavy (non-hydrogen) atoms. The summed E-state index contributed by atoms with van der Waals surface area (Å²) in [6, 6.07) is 15.9. The Balaban J connectivity index is 1.57. The first-order valence-electron chi connectivity index (χ1n) is 8.90. The lowest BCUT2D eigenvalue weighted by molar-refractivity contribution is 0.102. The Morgan fingerprint density at radius 2 is 1.86 bits per heavy atom. The molecular formula is C21H17BrFN5O. The Hall–Kier alpha value is -3.26. The summed E-state index contributed by atoms with van der Waals surface area (Å²) in [4.78, 5) is 12.8. The molecule has 146 valence electrons. The molecular weight excluding hydrogens is 437 g/mol. The molecule has 0 fully saturated rings. The summed E-state index contributed by atoms with van der Waals surface area (Å²) in [5, 5.41) is 11.3. The van der Waals surface area contributed by atoms with Crippen LogP contribution in [-0.4, -0.2) is 25.5 Å². The predicted octanol–water partition coefficient (Wildman–Crippen LogP) is 4.58. The average molecular weight is 454 g/mol. The highest BCUT2D eigenvalue weighted by molar-refractivity contribution is 9.10. The lowest BCUT2D eigenvalue weighted by Crippen LogP contribution is -2.17. The first-order chi connectivity index (χ1) is 14.0. The number of nitrogens with one attached hydrogen (secondary N) is 1. The van der Waals surface area contributed by atoms with E-state index < -0.39 is 5.82 Å². The van der Waals surface area contributed by atoms with E-state index in [0.717, 1.165) is 10.0 Å². The van der Waals surface area contributed by atoms with E-state index >= 15 is 0 Å². The van der Waals surface area contributed by atoms with Gasteiger partial charge < -0.3 is 5.32 Å². The monoisotopic (exact) mass is 453 g/mol. The molecule has 1 N–H and O–H groups in total. The molecule has 1 amide bonds. The Morgan fingerprint density at radius 1 is 1.10 bits per heavy atom. The standard InChI is InChI=1S/C21H17BrFN5O/c1-14-16(12-25-28(14)19-9-5-4-8-18(19)23)21(29)26-20-10-11-24-27(20)13-15-6-2-3-7-17(15)22/h2-12H,13H2,1H3,(H,26,29). The number of para-hydroxylation sites is 1. The van der Waals surface area contributed by atoms with Crippen molar-refractivity contribution >= 4 is 27.7 Å². The second-order valence-electron chi connectivity index (χ2n) is 6.43. The predicted molar refractivity (Wildman–Crippen MR) is 112 cm³/mol. The van der Waals surface area contributed by atoms with E-state index in [4.69, 9.17) is 0 Å². The van der Waals surface area contributed by atoms with Gasteiger partial charge in [-0.2, -0.15) is 10.2 Å². The zero-order valence-corrected chi connectivity index (χ0v) is 17.1. The van der Waals surface area contributed by atoms with Crippen molar-refractivity contribution in [2.24, 2.45) is 0 Å². The van der Waals surface area contributed by atoms with Crippen molar-refractivity contribution in [1.82, 2.24) is 19.6 Å². The Bertz CT molecular complexity index is 1180. The summed E-state index contributed by atoms with van der Waals surface area (Å²) in [7, 11) is 0. The van der Waals surface area contributed by atoms with Gasteiger partial charge in [0.15, 0.2) is 0 Å². The Kier molecular flexibility index (Phi) is 5.26. The number of hydrogen-bond acceptors (Lipinski definition) is 3. The fraction of sp³-hybridized carbons (Fsp3) is 0.0952. The topological polar surface area (TPSA) is 64.7 Å². The van der Waals surface area contributed by atoms with E-state index in [2.05, 4.69) is 31.4 Å². The van der Waals surface area contributed by atoms with Gasteiger partial charge in [-0.15, -0.1) is 0 Å². The number of amides is 1. The van der Waals surface area contributed by atoms with Crippen molar-refractivity contribution in [2.75, 3.05) is 5.32 Å². The maximum absolute atomic E-state index is 14.1. The molecule has 4 rings (SSSR count). The summed E-state index contributed by atoms with van der Waals surface area (Å²) in [5.74, 6) is -0.181. The maximum Gasteiger partial charge on any atom is 0.260 e. The van der Waals surface area contributed by atoms with Crippen molar-refractivity contribution in [2.45, 2.75) is 13.5 Å². The lowest BCUT2D eigenvalue weighted by Gasteiger charge is -2.10. The molecule has 0 saturated carbocycles. The van der Waals surface area contributed by atoms with Gasteiger partial charge in [0, 0.05) is 10.5 Å². The SMILES string of the molecule is Cc1c(C(=O)Nc2ccnn2Cc2ccccc2Br)cnn1-c1ccccc1F. The number of halogens is 2. The maximum atomic E-state index is 14.1. The van der Waals surface area contributed by atoms with E-state index in [1.54, 1.807) is 42.1 Å². The Labute approximate surface area is 175 Å². The summed E-state index contributed by atoms with van der Waals surface area (Å²) in [6.07, 6.45) is 3.06. The number of carbonyl (C=O) groups excluding carboxylic acids is 1. The third kappa shape index (κ3) is 3.84. The first kappa shape index (κ1) is 19.1. The normalized spacial score (nSPS) is 10.9. The van der Waals surface area contributed by atoms with Crippen LogP contribution in [0.5, 0.6) is 0 Å². The second-order valence-corrected chi connectivity index (χ2v) is 7.28. The molecule has 0 bridgehead atoms. The fourth-order valence-electron chi connectivity index (χ4n) is 3.04. The summed E-state index contributed by atoms with van der Waals surface area (Å²) < 4.78 is 18.2. The highest BCUT2D eigenvalue weighted by Gasteiger charge is 2.18. The van der Waals surface area contributed by atoms with Gasteiger partial charge in [0.1, 0.15) is 17.3 Å². The van der Waals surface area contributed by atoms with E-state index in [0.29, 0.717) is 29.3 Å². The van der Waals surface area contributed by atoms with E-state index in [1.165, 1.54) is 16.9 Å². The summed E-state index contributed by atoms with van der Waals surface area (Å²) in [5.41, 5.74) is 2.24. The molecule has 0 aliphatic rings. The minimum Gasteiger partial charge on any atom is -0.307 e. The first-order valence-corrected chi connectivity index (χ1v) is 9.70. The van der Waals surface area contributed by atoms with Crippen molar-refractivity contribution < 1.29 is 9.18 Å². The van der Waals surface area contributed by atoms with Crippen LogP contribution in [0.4, 0.5) is 10.2 Å². The zero-order chi connectivity index (χ0) is 20.4. The quantitative estimate of drug-likeness (QED) is 0.480. The van der Waals surface area contributed by atoms with Crippen LogP contribution in [-0.2, 0) is 6.54 Å². The largest absolute Gasteiger partial charge is 0.307 e. The molecule has 2 heterocycles. The number of benzene rings is 2. The highest BCUT2D eigenvalue weighted by atomic mass is 79.9. The fourth-order valence-corrected chi connectivity index (χ4v) is 3.45. The molecule has 4 aromatic rings. The van der Waals surface area contributed by atoms with E-state index in [-0.39, 0.29) is 5.91 Å². The molecule has 0 saturated heterocycles. The van der Waals surface area contributed by atoms with Crippen LogP contribution in [0.1, 0.15) is 21.6 Å². The molecule has 0 radical (unpaired) electrons. The number of carbonyl (C=O) groups is 1. The van der Waals surface area contributed by atoms with Gasteiger partial charge in [-0.1, -0.05) is 46.3 Å².